The van der Waals surface area contributed by atoms with Crippen molar-refractivity contribution in [1.29, 1.82) is 0 Å². The van der Waals surface area contributed by atoms with Gasteiger partial charge >= 0.3 is 0 Å². The Labute approximate surface area is 91.0 Å². The number of aromatic amines is 1. The van der Waals surface area contributed by atoms with E-state index in [9.17, 15) is 0 Å². The molecule has 2 aromatic rings. The number of nitrogens with two attached hydrogens (primary N) is 1. The van der Waals surface area contributed by atoms with Gasteiger partial charge in [-0.15, -0.1) is 0 Å². The number of fused-ring (bicyclic) bond motifs is 1. The van der Waals surface area contributed by atoms with Crippen LogP contribution in [0.25, 0.3) is 11.0 Å². The minimum absolute atomic E-state index is 0.621. The highest BCUT2D eigenvalue weighted by Gasteiger charge is 2.06. The zero-order chi connectivity index (χ0) is 10.1. The van der Waals surface area contributed by atoms with Gasteiger partial charge in [0.2, 0.25) is 0 Å². The molecule has 0 aliphatic rings. The molecule has 0 fully saturated rings. The highest BCUT2D eigenvalue weighted by Crippen LogP contribution is 2.24. The summed E-state index contributed by atoms with van der Waals surface area (Å²) >= 11 is 7.59. The lowest BCUT2D eigenvalue weighted by atomic mass is 10.3. The molecular formula is C9H10ClN3S. The predicted molar refractivity (Wildman–Crippen MR) is 62.7 cm³/mol. The lowest BCUT2D eigenvalue weighted by Crippen LogP contribution is -1.86. The lowest BCUT2D eigenvalue weighted by molar-refractivity contribution is 1.14. The van der Waals surface area contributed by atoms with Crippen molar-refractivity contribution < 1.29 is 0 Å². The molecule has 1 aromatic carbocycles. The van der Waals surface area contributed by atoms with Crippen LogP contribution in [0.5, 0.6) is 0 Å². The second kappa shape index (κ2) is 3.71. The Hall–Kier alpha value is -0.870. The van der Waals surface area contributed by atoms with Crippen LogP contribution in [0.4, 0.5) is 5.69 Å². The average molecular weight is 228 g/mol. The molecule has 74 valence electrons. The zero-order valence-electron chi connectivity index (χ0n) is 7.67. The molecule has 0 spiro atoms. The maximum atomic E-state index is 5.88. The van der Waals surface area contributed by atoms with Crippen molar-refractivity contribution in [3.63, 3.8) is 0 Å². The molecule has 0 aliphatic heterocycles. The number of anilines is 1. The van der Waals surface area contributed by atoms with E-state index < -0.39 is 0 Å². The maximum Gasteiger partial charge on any atom is 0.117 e. The van der Waals surface area contributed by atoms with E-state index in [4.69, 9.17) is 17.3 Å². The summed E-state index contributed by atoms with van der Waals surface area (Å²) < 4.78 is 0. The van der Waals surface area contributed by atoms with Gasteiger partial charge < -0.3 is 10.7 Å². The minimum Gasteiger partial charge on any atom is -0.397 e. The van der Waals surface area contributed by atoms with E-state index in [0.717, 1.165) is 22.6 Å². The van der Waals surface area contributed by atoms with E-state index in [1.165, 1.54) is 0 Å². The molecule has 5 heteroatoms. The third-order valence-corrected chi connectivity index (χ3v) is 2.69. The van der Waals surface area contributed by atoms with Gasteiger partial charge in [-0.2, -0.15) is 11.8 Å². The first kappa shape index (κ1) is 9.68. The summed E-state index contributed by atoms with van der Waals surface area (Å²) in [6.07, 6.45) is 2.03. The van der Waals surface area contributed by atoms with Gasteiger partial charge in [-0.1, -0.05) is 11.6 Å². The molecule has 0 aliphatic carbocycles. The predicted octanol–water partition coefficient (Wildman–Crippen LogP) is 2.66. The highest BCUT2D eigenvalue weighted by molar-refractivity contribution is 7.97. The Kier molecular flexibility index (Phi) is 2.56. The summed E-state index contributed by atoms with van der Waals surface area (Å²) in [4.78, 5) is 7.56. The van der Waals surface area contributed by atoms with Crippen molar-refractivity contribution in [2.75, 3.05) is 12.0 Å². The molecule has 0 radical (unpaired) electrons. The van der Waals surface area contributed by atoms with Crippen molar-refractivity contribution in [2.24, 2.45) is 0 Å². The van der Waals surface area contributed by atoms with Gasteiger partial charge in [0.25, 0.3) is 0 Å². The van der Waals surface area contributed by atoms with Crippen molar-refractivity contribution in [2.45, 2.75) is 5.75 Å². The van der Waals surface area contributed by atoms with Gasteiger partial charge in [-0.3, -0.25) is 0 Å². The van der Waals surface area contributed by atoms with Crippen molar-refractivity contribution in [1.82, 2.24) is 9.97 Å². The minimum atomic E-state index is 0.621. The maximum absolute atomic E-state index is 5.88. The standard InChI is InChI=1S/C9H10ClN3S/c1-14-4-8-12-7-3-5(10)2-6(11)9(7)13-8/h2-3H,4,11H2,1H3,(H,12,13). The number of benzene rings is 1. The SMILES string of the molecule is CSCc1nc2c(N)cc(Cl)cc2[nH]1. The molecule has 1 heterocycles. The zero-order valence-corrected chi connectivity index (χ0v) is 9.25. The molecule has 0 amide bonds. The summed E-state index contributed by atoms with van der Waals surface area (Å²) in [5.41, 5.74) is 8.12. The highest BCUT2D eigenvalue weighted by atomic mass is 35.5. The third kappa shape index (κ3) is 1.67. The van der Waals surface area contributed by atoms with Gasteiger partial charge in [-0.05, 0) is 18.4 Å². The van der Waals surface area contributed by atoms with Crippen LogP contribution in [0.15, 0.2) is 12.1 Å². The number of H-pyrrole nitrogens is 1. The summed E-state index contributed by atoms with van der Waals surface area (Å²) in [7, 11) is 0. The summed E-state index contributed by atoms with van der Waals surface area (Å²) in [6.45, 7) is 0. The fraction of sp³-hybridized carbons (Fsp3) is 0.222. The fourth-order valence-electron chi connectivity index (χ4n) is 1.36. The number of halogens is 1. The van der Waals surface area contributed by atoms with Crippen LogP contribution in [0.2, 0.25) is 5.02 Å². The van der Waals surface area contributed by atoms with E-state index >= 15 is 0 Å². The van der Waals surface area contributed by atoms with Crippen LogP contribution in [0.1, 0.15) is 5.82 Å². The van der Waals surface area contributed by atoms with E-state index in [-0.39, 0.29) is 0 Å². The van der Waals surface area contributed by atoms with Crippen LogP contribution in [-0.4, -0.2) is 16.2 Å². The summed E-state index contributed by atoms with van der Waals surface area (Å²) in [5.74, 6) is 1.78. The van der Waals surface area contributed by atoms with Crippen LogP contribution >= 0.6 is 23.4 Å². The number of hydrogen-bond acceptors (Lipinski definition) is 3. The number of nitrogen functional groups attached to an aromatic ring is 1. The molecule has 3 N–H and O–H groups in total. The third-order valence-electron chi connectivity index (χ3n) is 1.91. The van der Waals surface area contributed by atoms with Gasteiger partial charge in [0, 0.05) is 5.02 Å². The largest absolute Gasteiger partial charge is 0.397 e. The lowest BCUT2D eigenvalue weighted by Gasteiger charge is -1.94. The number of thioether (sulfide) groups is 1. The first-order valence-electron chi connectivity index (χ1n) is 4.13. The van der Waals surface area contributed by atoms with E-state index in [2.05, 4.69) is 9.97 Å². The first-order valence-corrected chi connectivity index (χ1v) is 5.90. The number of imidazole rings is 1. The van der Waals surface area contributed by atoms with E-state index in [1.807, 2.05) is 12.3 Å². The Balaban J connectivity index is 2.58. The fourth-order valence-corrected chi connectivity index (χ4v) is 2.00. The van der Waals surface area contributed by atoms with E-state index in [0.29, 0.717) is 10.7 Å². The van der Waals surface area contributed by atoms with Gasteiger partial charge in [0.05, 0.1) is 17.0 Å². The normalized spacial score (nSPS) is 11.0. The van der Waals surface area contributed by atoms with Gasteiger partial charge in [-0.25, -0.2) is 4.98 Å². The van der Waals surface area contributed by atoms with E-state index in [1.54, 1.807) is 17.8 Å². The Morgan fingerprint density at radius 1 is 1.57 bits per heavy atom. The molecule has 0 bridgehead atoms. The monoisotopic (exact) mass is 227 g/mol. The molecule has 3 nitrogen and oxygen atoms in total. The first-order chi connectivity index (χ1) is 6.70. The molecule has 2 rings (SSSR count). The Morgan fingerprint density at radius 2 is 2.36 bits per heavy atom. The molecular weight excluding hydrogens is 218 g/mol. The van der Waals surface area contributed by atoms with Gasteiger partial charge in [0.1, 0.15) is 11.3 Å². The number of nitrogens with zero attached hydrogens (tertiary/aromatic N) is 1. The molecule has 14 heavy (non-hydrogen) atoms. The molecule has 0 unspecified atom stereocenters. The number of hydrogen-bond donors (Lipinski definition) is 2. The van der Waals surface area contributed by atoms with Crippen molar-refractivity contribution >= 4 is 40.1 Å². The van der Waals surface area contributed by atoms with Gasteiger partial charge in [0.15, 0.2) is 0 Å². The average Bonchev–Trinajstić information content (AvgIpc) is 2.48. The number of aromatic nitrogens is 2. The Morgan fingerprint density at radius 3 is 3.07 bits per heavy atom. The number of rotatable bonds is 2. The van der Waals surface area contributed by atoms with Crippen LogP contribution in [-0.2, 0) is 5.75 Å². The molecule has 0 saturated carbocycles. The molecule has 0 saturated heterocycles. The van der Waals surface area contributed by atoms with Crippen molar-refractivity contribution in [3.05, 3.63) is 23.0 Å². The van der Waals surface area contributed by atoms with Crippen LogP contribution in [0.3, 0.4) is 0 Å². The second-order valence-electron chi connectivity index (χ2n) is 3.01. The molecule has 1 aromatic heterocycles. The van der Waals surface area contributed by atoms with Crippen LogP contribution in [0, 0.1) is 0 Å². The van der Waals surface area contributed by atoms with Crippen molar-refractivity contribution in [3.8, 4) is 0 Å². The topological polar surface area (TPSA) is 54.7 Å². The smallest absolute Gasteiger partial charge is 0.117 e. The quantitative estimate of drug-likeness (QED) is 0.776. The summed E-state index contributed by atoms with van der Waals surface area (Å²) in [6, 6.07) is 3.55. The Bertz CT molecular complexity index is 466. The number of nitrogens with one attached hydrogen (secondary N) is 1. The van der Waals surface area contributed by atoms with Crippen LogP contribution < -0.4 is 5.73 Å². The molecule has 0 atom stereocenters. The second-order valence-corrected chi connectivity index (χ2v) is 4.31. The summed E-state index contributed by atoms with van der Waals surface area (Å²) in [5, 5.41) is 0.634.